The number of piperidine rings is 1. The quantitative estimate of drug-likeness (QED) is 0.812. The molecular formula is C21H25N3O3. The van der Waals surface area contributed by atoms with Gasteiger partial charge in [-0.15, -0.1) is 0 Å². The molecule has 1 aliphatic heterocycles. The lowest BCUT2D eigenvalue weighted by Gasteiger charge is -2.36. The largest absolute Gasteiger partial charge is 0.465 e. The van der Waals surface area contributed by atoms with E-state index in [1.54, 1.807) is 36.5 Å². The average molecular weight is 367 g/mol. The minimum Gasteiger partial charge on any atom is -0.465 e. The highest BCUT2D eigenvalue weighted by atomic mass is 16.5. The predicted molar refractivity (Wildman–Crippen MR) is 105 cm³/mol. The van der Waals surface area contributed by atoms with Crippen LogP contribution in [0.2, 0.25) is 0 Å². The van der Waals surface area contributed by atoms with Gasteiger partial charge >= 0.3 is 5.97 Å². The van der Waals surface area contributed by atoms with Crippen LogP contribution in [0, 0.1) is 0 Å². The van der Waals surface area contributed by atoms with Crippen molar-refractivity contribution in [1.29, 1.82) is 0 Å². The van der Waals surface area contributed by atoms with Crippen LogP contribution < -0.4 is 10.2 Å². The Morgan fingerprint density at radius 3 is 2.85 bits per heavy atom. The second kappa shape index (κ2) is 8.66. The van der Waals surface area contributed by atoms with Crippen molar-refractivity contribution in [2.24, 2.45) is 0 Å². The SMILES string of the molecule is CCC1CCCCN1c1cc(C(=O)Nc2ccccc2C(=O)OC)ccn1. The topological polar surface area (TPSA) is 71.5 Å². The van der Waals surface area contributed by atoms with Crippen LogP contribution in [0.15, 0.2) is 42.6 Å². The Morgan fingerprint density at radius 1 is 1.26 bits per heavy atom. The zero-order valence-electron chi connectivity index (χ0n) is 15.8. The van der Waals surface area contributed by atoms with E-state index in [-0.39, 0.29) is 5.91 Å². The molecule has 27 heavy (non-hydrogen) atoms. The van der Waals surface area contributed by atoms with Gasteiger partial charge in [0, 0.05) is 24.3 Å². The van der Waals surface area contributed by atoms with Gasteiger partial charge in [-0.1, -0.05) is 19.1 Å². The molecule has 1 atom stereocenters. The van der Waals surface area contributed by atoms with Gasteiger partial charge in [-0.25, -0.2) is 9.78 Å². The summed E-state index contributed by atoms with van der Waals surface area (Å²) in [6.07, 6.45) is 6.25. The van der Waals surface area contributed by atoms with Crippen LogP contribution in [0.1, 0.15) is 53.3 Å². The second-order valence-electron chi connectivity index (χ2n) is 6.65. The standard InChI is InChI=1S/C21H25N3O3/c1-3-16-8-6-7-13-24(16)19-14-15(11-12-22-19)20(25)23-18-10-5-4-9-17(18)21(26)27-2/h4-5,9-12,14,16H,3,6-8,13H2,1-2H3,(H,23,25). The molecule has 2 aromatic rings. The Morgan fingerprint density at radius 2 is 2.07 bits per heavy atom. The Kier molecular flexibility index (Phi) is 6.06. The van der Waals surface area contributed by atoms with E-state index in [4.69, 9.17) is 4.74 Å². The van der Waals surface area contributed by atoms with Crippen LogP contribution in [0.4, 0.5) is 11.5 Å². The van der Waals surface area contributed by atoms with Crippen molar-refractivity contribution < 1.29 is 14.3 Å². The molecule has 3 rings (SSSR count). The maximum absolute atomic E-state index is 12.8. The highest BCUT2D eigenvalue weighted by Crippen LogP contribution is 2.26. The second-order valence-corrected chi connectivity index (χ2v) is 6.65. The zero-order chi connectivity index (χ0) is 19.2. The molecule has 1 aromatic carbocycles. The van der Waals surface area contributed by atoms with Crippen molar-refractivity contribution >= 4 is 23.4 Å². The number of esters is 1. The third-order valence-corrected chi connectivity index (χ3v) is 4.98. The predicted octanol–water partition coefficient (Wildman–Crippen LogP) is 3.89. The van der Waals surface area contributed by atoms with Crippen LogP contribution in [-0.4, -0.2) is 36.6 Å². The van der Waals surface area contributed by atoms with E-state index in [9.17, 15) is 9.59 Å². The molecule has 6 heteroatoms. The first-order chi connectivity index (χ1) is 13.1. The number of ether oxygens (including phenoxy) is 1. The van der Waals surface area contributed by atoms with E-state index in [0.29, 0.717) is 22.9 Å². The fraction of sp³-hybridized carbons (Fsp3) is 0.381. The Bertz CT molecular complexity index is 822. The minimum absolute atomic E-state index is 0.278. The lowest BCUT2D eigenvalue weighted by molar-refractivity contribution is 0.0602. The molecule has 1 aliphatic rings. The first-order valence-electron chi connectivity index (χ1n) is 9.35. The molecule has 0 aliphatic carbocycles. The summed E-state index contributed by atoms with van der Waals surface area (Å²) in [6.45, 7) is 3.14. The molecular weight excluding hydrogens is 342 g/mol. The average Bonchev–Trinajstić information content (AvgIpc) is 2.73. The van der Waals surface area contributed by atoms with Crippen molar-refractivity contribution in [1.82, 2.24) is 4.98 Å². The molecule has 1 saturated heterocycles. The number of para-hydroxylation sites is 1. The number of nitrogens with one attached hydrogen (secondary N) is 1. The molecule has 0 bridgehead atoms. The molecule has 1 amide bonds. The summed E-state index contributed by atoms with van der Waals surface area (Å²) in [5, 5.41) is 2.81. The van der Waals surface area contributed by atoms with Crippen LogP contribution in [0.25, 0.3) is 0 Å². The highest BCUT2D eigenvalue weighted by Gasteiger charge is 2.23. The Labute approximate surface area is 159 Å². The molecule has 0 spiro atoms. The van der Waals surface area contributed by atoms with E-state index >= 15 is 0 Å². The molecule has 0 saturated carbocycles. The molecule has 0 radical (unpaired) electrons. The lowest BCUT2D eigenvalue weighted by Crippen LogP contribution is -2.39. The Hall–Kier alpha value is -2.89. The van der Waals surface area contributed by atoms with Gasteiger partial charge in [0.2, 0.25) is 0 Å². The molecule has 1 N–H and O–H groups in total. The normalized spacial score (nSPS) is 16.7. The minimum atomic E-state index is -0.486. The van der Waals surface area contributed by atoms with Gasteiger partial charge in [0.25, 0.3) is 5.91 Å². The van der Waals surface area contributed by atoms with Gasteiger partial charge in [-0.3, -0.25) is 4.79 Å². The summed E-state index contributed by atoms with van der Waals surface area (Å²) < 4.78 is 4.78. The summed E-state index contributed by atoms with van der Waals surface area (Å²) in [7, 11) is 1.32. The molecule has 1 aromatic heterocycles. The third-order valence-electron chi connectivity index (χ3n) is 4.98. The molecule has 6 nitrogen and oxygen atoms in total. The van der Waals surface area contributed by atoms with Crippen LogP contribution in [-0.2, 0) is 4.74 Å². The number of benzene rings is 1. The van der Waals surface area contributed by atoms with Gasteiger partial charge in [0.15, 0.2) is 0 Å². The number of aromatic nitrogens is 1. The number of methoxy groups -OCH3 is 1. The van der Waals surface area contributed by atoms with Crippen LogP contribution in [0.3, 0.4) is 0 Å². The summed E-state index contributed by atoms with van der Waals surface area (Å²) in [6, 6.07) is 10.8. The van der Waals surface area contributed by atoms with E-state index in [0.717, 1.165) is 31.6 Å². The van der Waals surface area contributed by atoms with Crippen molar-refractivity contribution in [3.05, 3.63) is 53.7 Å². The van der Waals surface area contributed by atoms with Gasteiger partial charge < -0.3 is 15.0 Å². The number of nitrogens with zero attached hydrogens (tertiary/aromatic N) is 2. The number of carbonyl (C=O) groups excluding carboxylic acids is 2. The third kappa shape index (κ3) is 4.27. The van der Waals surface area contributed by atoms with Crippen molar-refractivity contribution in [2.75, 3.05) is 23.9 Å². The summed E-state index contributed by atoms with van der Waals surface area (Å²) >= 11 is 0. The highest BCUT2D eigenvalue weighted by molar-refractivity contribution is 6.08. The number of amides is 1. The summed E-state index contributed by atoms with van der Waals surface area (Å²) in [4.78, 5) is 31.4. The smallest absolute Gasteiger partial charge is 0.339 e. The molecule has 2 heterocycles. The van der Waals surface area contributed by atoms with Gasteiger partial charge in [-0.05, 0) is 49.9 Å². The lowest BCUT2D eigenvalue weighted by atomic mass is 10.00. The number of hydrogen-bond donors (Lipinski definition) is 1. The van der Waals surface area contributed by atoms with Gasteiger partial charge in [0.1, 0.15) is 5.82 Å². The van der Waals surface area contributed by atoms with Crippen LogP contribution >= 0.6 is 0 Å². The number of anilines is 2. The van der Waals surface area contributed by atoms with Crippen molar-refractivity contribution in [2.45, 2.75) is 38.6 Å². The summed E-state index contributed by atoms with van der Waals surface area (Å²) in [5.41, 5.74) is 1.27. The summed E-state index contributed by atoms with van der Waals surface area (Å²) in [5.74, 6) is 0.0657. The fourth-order valence-corrected chi connectivity index (χ4v) is 3.52. The number of hydrogen-bond acceptors (Lipinski definition) is 5. The Balaban J connectivity index is 1.81. The first-order valence-corrected chi connectivity index (χ1v) is 9.35. The van der Waals surface area contributed by atoms with E-state index in [2.05, 4.69) is 22.1 Å². The monoisotopic (exact) mass is 367 g/mol. The molecule has 1 fully saturated rings. The maximum Gasteiger partial charge on any atom is 0.339 e. The first kappa shape index (κ1) is 18.9. The number of pyridine rings is 1. The van der Waals surface area contributed by atoms with Gasteiger partial charge in [0.05, 0.1) is 18.4 Å². The molecule has 142 valence electrons. The van der Waals surface area contributed by atoms with Crippen molar-refractivity contribution in [3.63, 3.8) is 0 Å². The van der Waals surface area contributed by atoms with E-state index < -0.39 is 5.97 Å². The fourth-order valence-electron chi connectivity index (χ4n) is 3.52. The number of rotatable bonds is 5. The van der Waals surface area contributed by atoms with Gasteiger partial charge in [-0.2, -0.15) is 0 Å². The van der Waals surface area contributed by atoms with E-state index in [1.807, 2.05) is 6.07 Å². The van der Waals surface area contributed by atoms with Crippen LogP contribution in [0.5, 0.6) is 0 Å². The number of carbonyl (C=O) groups is 2. The van der Waals surface area contributed by atoms with E-state index in [1.165, 1.54) is 13.5 Å². The van der Waals surface area contributed by atoms with Crippen molar-refractivity contribution in [3.8, 4) is 0 Å². The zero-order valence-corrected chi connectivity index (χ0v) is 15.8. The maximum atomic E-state index is 12.8. The molecule has 1 unspecified atom stereocenters.